The van der Waals surface area contributed by atoms with Crippen LogP contribution >= 0.6 is 11.8 Å². The molecule has 12 unspecified atom stereocenters. The maximum absolute atomic E-state index is 12.7. The van der Waals surface area contributed by atoms with Gasteiger partial charge in [-0.1, -0.05) is 30.7 Å². The second kappa shape index (κ2) is 20.4. The summed E-state index contributed by atoms with van der Waals surface area (Å²) >= 11 is 1.76. The van der Waals surface area contributed by atoms with Crippen molar-refractivity contribution in [1.82, 2.24) is 5.32 Å². The third-order valence-electron chi connectivity index (χ3n) is 8.61. The van der Waals surface area contributed by atoms with E-state index in [2.05, 4.69) is 5.32 Å². The average Bonchev–Trinajstić information content (AvgIpc) is 3.08. The van der Waals surface area contributed by atoms with Crippen molar-refractivity contribution in [1.29, 1.82) is 0 Å². The van der Waals surface area contributed by atoms with Gasteiger partial charge in [-0.15, -0.1) is 0 Å². The normalized spacial score (nSPS) is 34.0. The second-order valence-electron chi connectivity index (χ2n) is 12.9. The number of carbonyl (C=O) groups is 5. The van der Waals surface area contributed by atoms with Crippen molar-refractivity contribution in [3.8, 4) is 0 Å². The minimum Gasteiger partial charge on any atom is -0.463 e. The minimum absolute atomic E-state index is 0.0994. The van der Waals surface area contributed by atoms with Gasteiger partial charge in [0.1, 0.15) is 37.1 Å². The summed E-state index contributed by atoms with van der Waals surface area (Å²) in [4.78, 5) is 61.8. The number of fused-ring (bicyclic) bond motifs is 1. The highest BCUT2D eigenvalue weighted by molar-refractivity contribution is 7.98. The molecule has 52 heavy (non-hydrogen) atoms. The van der Waals surface area contributed by atoms with Crippen LogP contribution < -0.4 is 5.32 Å². The topological polar surface area (TPSA) is 190 Å². The van der Waals surface area contributed by atoms with E-state index >= 15 is 0 Å². The van der Waals surface area contributed by atoms with E-state index in [1.807, 2.05) is 30.6 Å². The largest absolute Gasteiger partial charge is 0.463 e. The lowest BCUT2D eigenvalue weighted by atomic mass is 9.93. The van der Waals surface area contributed by atoms with E-state index in [9.17, 15) is 24.0 Å². The molecule has 3 saturated heterocycles. The Labute approximate surface area is 307 Å². The standard InChI is InChI=1S/C35H51NO15S/c1-19(37)36-27-30(28-26(48-34(27)42-15-11-8-12-16-52-6)18-44-33(50-28)24-13-9-7-10-14-24)51-35-32(47-23(5)41)31(46-22(4)40)29(45-21(3)39)25(49-35)17-43-20(2)38/h7,9-10,13,24-35H,8,11-12,14-18H2,1-6H3,(H,36,37). The number of rotatable bonds is 16. The highest BCUT2D eigenvalue weighted by atomic mass is 32.2. The summed E-state index contributed by atoms with van der Waals surface area (Å²) in [6.07, 6.45) is 1.58. The van der Waals surface area contributed by atoms with E-state index in [1.54, 1.807) is 11.8 Å². The number of unbranched alkanes of at least 4 members (excludes halogenated alkanes) is 2. The van der Waals surface area contributed by atoms with Crippen molar-refractivity contribution >= 4 is 41.5 Å². The number of nitrogens with one attached hydrogen (secondary N) is 1. The van der Waals surface area contributed by atoms with Crippen LogP contribution in [0.15, 0.2) is 24.3 Å². The Hall–Kier alpha value is -3.06. The molecule has 0 spiro atoms. The molecule has 0 radical (unpaired) electrons. The zero-order chi connectivity index (χ0) is 37.8. The van der Waals surface area contributed by atoms with Crippen molar-refractivity contribution in [3.63, 3.8) is 0 Å². The molecule has 1 amide bonds. The lowest BCUT2D eigenvalue weighted by Crippen LogP contribution is -2.70. The van der Waals surface area contributed by atoms with Crippen LogP contribution in [0.25, 0.3) is 0 Å². The molecular weight excluding hydrogens is 706 g/mol. The highest BCUT2D eigenvalue weighted by Gasteiger charge is 2.57. The minimum atomic E-state index is -1.55. The maximum Gasteiger partial charge on any atom is 0.303 e. The Morgan fingerprint density at radius 2 is 1.50 bits per heavy atom. The molecule has 0 aromatic rings. The average molecular weight is 758 g/mol. The summed E-state index contributed by atoms with van der Waals surface area (Å²) < 4.78 is 60.3. The first-order valence-corrected chi connectivity index (χ1v) is 18.9. The van der Waals surface area contributed by atoms with Gasteiger partial charge in [-0.05, 0) is 31.3 Å². The zero-order valence-corrected chi connectivity index (χ0v) is 31.2. The molecular formula is C35H51NO15S. The van der Waals surface area contributed by atoms with Crippen LogP contribution in [0.5, 0.6) is 0 Å². The number of amides is 1. The van der Waals surface area contributed by atoms with E-state index in [-0.39, 0.29) is 12.5 Å². The number of esters is 4. The summed E-state index contributed by atoms with van der Waals surface area (Å²) in [7, 11) is 0. The van der Waals surface area contributed by atoms with Crippen LogP contribution in [0.3, 0.4) is 0 Å². The first kappa shape index (κ1) is 41.7. The van der Waals surface area contributed by atoms with Crippen LogP contribution in [0.2, 0.25) is 0 Å². The molecule has 0 bridgehead atoms. The number of allylic oxidation sites excluding steroid dienone is 3. The quantitative estimate of drug-likeness (QED) is 0.137. The highest BCUT2D eigenvalue weighted by Crippen LogP contribution is 2.37. The third-order valence-corrected chi connectivity index (χ3v) is 9.31. The van der Waals surface area contributed by atoms with Gasteiger partial charge in [-0.25, -0.2) is 0 Å². The molecule has 1 aliphatic carbocycles. The molecule has 12 atom stereocenters. The third kappa shape index (κ3) is 12.0. The van der Waals surface area contributed by atoms with Gasteiger partial charge < -0.3 is 52.7 Å². The number of carbonyl (C=O) groups excluding carboxylic acids is 5. The summed E-state index contributed by atoms with van der Waals surface area (Å²) in [5.41, 5.74) is 0. The molecule has 16 nitrogen and oxygen atoms in total. The van der Waals surface area contributed by atoms with Crippen molar-refractivity contribution in [3.05, 3.63) is 24.3 Å². The van der Waals surface area contributed by atoms with E-state index in [0.717, 1.165) is 45.8 Å². The number of thioether (sulfide) groups is 1. The fourth-order valence-corrected chi connectivity index (χ4v) is 6.97. The van der Waals surface area contributed by atoms with Gasteiger partial charge in [0.05, 0.1) is 6.61 Å². The van der Waals surface area contributed by atoms with E-state index in [1.165, 1.54) is 13.8 Å². The summed E-state index contributed by atoms with van der Waals surface area (Å²) in [5.74, 6) is -2.53. The van der Waals surface area contributed by atoms with Crippen LogP contribution in [0, 0.1) is 5.92 Å². The molecule has 3 aliphatic heterocycles. The Morgan fingerprint density at radius 1 is 0.788 bits per heavy atom. The molecule has 0 aromatic heterocycles. The van der Waals surface area contributed by atoms with Crippen LogP contribution in [-0.4, -0.2) is 129 Å². The van der Waals surface area contributed by atoms with E-state index < -0.39 is 104 Å². The molecule has 17 heteroatoms. The summed E-state index contributed by atoms with van der Waals surface area (Å²) in [5, 5.41) is 2.89. The lowest BCUT2D eigenvalue weighted by Gasteiger charge is -2.52. The molecule has 4 aliphatic rings. The first-order chi connectivity index (χ1) is 24.9. The SMILES string of the molecule is CSCCCCCOC1OC2COC(C3C=CC=CC3)OC2C(OC2OC(COC(C)=O)C(OC(C)=O)C(OC(C)=O)C2OC(C)=O)C1NC(C)=O. The Bertz CT molecular complexity index is 1290. The monoisotopic (exact) mass is 757 g/mol. The van der Waals surface area contributed by atoms with Crippen LogP contribution in [0.4, 0.5) is 0 Å². The Morgan fingerprint density at radius 3 is 2.13 bits per heavy atom. The van der Waals surface area contributed by atoms with Crippen molar-refractivity contribution in [2.45, 2.75) is 128 Å². The summed E-state index contributed by atoms with van der Waals surface area (Å²) in [6.45, 7) is 5.90. The van der Waals surface area contributed by atoms with Crippen LogP contribution in [0.1, 0.15) is 60.3 Å². The molecule has 0 aromatic carbocycles. The molecule has 3 fully saturated rings. The fourth-order valence-electron chi connectivity index (χ4n) is 6.48. The molecule has 1 N–H and O–H groups in total. The fraction of sp³-hybridized carbons (Fsp3) is 0.743. The van der Waals surface area contributed by atoms with Crippen LogP contribution in [-0.2, 0) is 71.3 Å². The number of ether oxygens (including phenoxy) is 10. The molecule has 0 saturated carbocycles. The molecule has 292 valence electrons. The second-order valence-corrected chi connectivity index (χ2v) is 13.9. The van der Waals surface area contributed by atoms with Gasteiger partial charge in [0.2, 0.25) is 5.91 Å². The lowest BCUT2D eigenvalue weighted by molar-refractivity contribution is -0.379. The first-order valence-electron chi connectivity index (χ1n) is 17.5. The van der Waals surface area contributed by atoms with E-state index in [0.29, 0.717) is 13.0 Å². The van der Waals surface area contributed by atoms with E-state index in [4.69, 9.17) is 47.4 Å². The predicted molar refractivity (Wildman–Crippen MR) is 182 cm³/mol. The number of hydrogen-bond donors (Lipinski definition) is 1. The zero-order valence-electron chi connectivity index (χ0n) is 30.4. The van der Waals surface area contributed by atoms with Crippen molar-refractivity contribution < 1.29 is 71.3 Å². The van der Waals surface area contributed by atoms with Gasteiger partial charge in [-0.3, -0.25) is 24.0 Å². The maximum atomic E-state index is 12.7. The smallest absolute Gasteiger partial charge is 0.303 e. The molecule has 3 heterocycles. The van der Waals surface area contributed by atoms with Gasteiger partial charge in [0.15, 0.2) is 37.2 Å². The van der Waals surface area contributed by atoms with Gasteiger partial charge in [-0.2, -0.15) is 11.8 Å². The van der Waals surface area contributed by atoms with Gasteiger partial charge in [0, 0.05) is 47.1 Å². The summed E-state index contributed by atoms with van der Waals surface area (Å²) in [6, 6.07) is -0.989. The molecule has 4 rings (SSSR count). The predicted octanol–water partition coefficient (Wildman–Crippen LogP) is 2.11. The van der Waals surface area contributed by atoms with Crippen molar-refractivity contribution in [2.75, 3.05) is 31.8 Å². The van der Waals surface area contributed by atoms with Gasteiger partial charge in [0.25, 0.3) is 0 Å². The van der Waals surface area contributed by atoms with Crippen molar-refractivity contribution in [2.24, 2.45) is 5.92 Å². The Balaban J connectivity index is 1.73. The number of hydrogen-bond acceptors (Lipinski definition) is 16. The Kier molecular flexibility index (Phi) is 16.4. The van der Waals surface area contributed by atoms with Gasteiger partial charge >= 0.3 is 23.9 Å².